The molecule has 0 bridgehead atoms. The first-order chi connectivity index (χ1) is 15.8. The highest BCUT2D eigenvalue weighted by Gasteiger charge is 2.13. The van der Waals surface area contributed by atoms with E-state index in [-0.39, 0.29) is 0 Å². The first kappa shape index (κ1) is 20.6. The fourth-order valence-corrected chi connectivity index (χ4v) is 4.37. The molecule has 0 amide bonds. The fraction of sp³-hybridized carbons (Fsp3) is 0.346. The number of rotatable bonds is 7. The van der Waals surface area contributed by atoms with E-state index in [4.69, 9.17) is 9.84 Å². The van der Waals surface area contributed by atoms with Crippen LogP contribution < -0.4 is 4.74 Å². The Hall–Kier alpha value is -3.25. The Morgan fingerprint density at radius 3 is 2.44 bits per heavy atom. The summed E-state index contributed by atoms with van der Waals surface area (Å²) in [5.74, 6) is 1.66. The largest absolute Gasteiger partial charge is 0.494 e. The van der Waals surface area contributed by atoms with Crippen LogP contribution in [0.25, 0.3) is 28.2 Å². The Balaban J connectivity index is 1.26. The summed E-state index contributed by atoms with van der Waals surface area (Å²) >= 11 is 0. The second-order valence-corrected chi connectivity index (χ2v) is 8.43. The van der Waals surface area contributed by atoms with E-state index in [2.05, 4.69) is 33.3 Å². The van der Waals surface area contributed by atoms with E-state index in [0.717, 1.165) is 59.2 Å². The highest BCUT2D eigenvalue weighted by molar-refractivity contribution is 5.71. The Kier molecular flexibility index (Phi) is 6.12. The zero-order chi connectivity index (χ0) is 21.8. The second-order valence-electron chi connectivity index (χ2n) is 8.43. The quantitative estimate of drug-likeness (QED) is 0.388. The van der Waals surface area contributed by atoms with Crippen molar-refractivity contribution in [2.45, 2.75) is 32.6 Å². The maximum Gasteiger partial charge on any atom is 0.185 e. The molecule has 0 atom stereocenters. The number of hydrogen-bond donors (Lipinski definition) is 0. The van der Waals surface area contributed by atoms with Crippen LogP contribution in [0, 0.1) is 6.92 Å². The highest BCUT2D eigenvalue weighted by atomic mass is 16.5. The first-order valence-electron chi connectivity index (χ1n) is 11.5. The molecular formula is C26H29N5O. The van der Waals surface area contributed by atoms with Gasteiger partial charge in [0, 0.05) is 17.7 Å². The molecule has 3 heterocycles. The number of aryl methyl sites for hydroxylation is 1. The zero-order valence-corrected chi connectivity index (χ0v) is 18.6. The lowest BCUT2D eigenvalue weighted by Crippen LogP contribution is -2.31. The summed E-state index contributed by atoms with van der Waals surface area (Å²) in [6, 6.07) is 20.3. The average molecular weight is 428 g/mol. The molecule has 6 heteroatoms. The van der Waals surface area contributed by atoms with Gasteiger partial charge in [0.25, 0.3) is 0 Å². The maximum absolute atomic E-state index is 5.97. The van der Waals surface area contributed by atoms with Gasteiger partial charge in [-0.15, -0.1) is 10.2 Å². The number of ether oxygens (including phenoxy) is 1. The molecule has 2 aromatic carbocycles. The van der Waals surface area contributed by atoms with Crippen molar-refractivity contribution in [1.82, 2.24) is 24.7 Å². The van der Waals surface area contributed by atoms with E-state index in [1.807, 2.05) is 53.9 Å². The average Bonchev–Trinajstić information content (AvgIpc) is 3.26. The highest BCUT2D eigenvalue weighted by Crippen LogP contribution is 2.27. The molecule has 6 nitrogen and oxygen atoms in total. The molecule has 1 aliphatic rings. The van der Waals surface area contributed by atoms with E-state index in [9.17, 15) is 0 Å². The summed E-state index contributed by atoms with van der Waals surface area (Å²) < 4.78 is 7.79. The van der Waals surface area contributed by atoms with Gasteiger partial charge >= 0.3 is 0 Å². The summed E-state index contributed by atoms with van der Waals surface area (Å²) in [6.07, 6.45) is 5.13. The van der Waals surface area contributed by atoms with Crippen LogP contribution in [0.2, 0.25) is 0 Å². The monoisotopic (exact) mass is 427 g/mol. The first-order valence-corrected chi connectivity index (χ1v) is 11.5. The molecule has 0 N–H and O–H groups in total. The smallest absolute Gasteiger partial charge is 0.185 e. The molecule has 1 saturated heterocycles. The predicted octanol–water partition coefficient (Wildman–Crippen LogP) is 5.02. The summed E-state index contributed by atoms with van der Waals surface area (Å²) in [5, 5.41) is 13.5. The number of hydrogen-bond acceptors (Lipinski definition) is 5. The predicted molar refractivity (Wildman–Crippen MR) is 127 cm³/mol. The van der Waals surface area contributed by atoms with Crippen LogP contribution >= 0.6 is 0 Å². The molecule has 4 aromatic rings. The minimum absolute atomic E-state index is 0.738. The Bertz CT molecular complexity index is 1160. The Labute approximate surface area is 188 Å². The lowest BCUT2D eigenvalue weighted by Gasteiger charge is -2.26. The zero-order valence-electron chi connectivity index (χ0n) is 18.6. The lowest BCUT2D eigenvalue weighted by atomic mass is 10.1. The van der Waals surface area contributed by atoms with Crippen molar-refractivity contribution in [2.24, 2.45) is 0 Å². The van der Waals surface area contributed by atoms with Crippen molar-refractivity contribution < 1.29 is 4.74 Å². The maximum atomic E-state index is 5.97. The molecular weight excluding hydrogens is 398 g/mol. The van der Waals surface area contributed by atoms with Crippen molar-refractivity contribution >= 4 is 5.65 Å². The van der Waals surface area contributed by atoms with Gasteiger partial charge in [-0.05, 0) is 63.0 Å². The van der Waals surface area contributed by atoms with E-state index < -0.39 is 0 Å². The summed E-state index contributed by atoms with van der Waals surface area (Å²) in [5.41, 5.74) is 4.83. The normalized spacial score (nSPS) is 14.7. The van der Waals surface area contributed by atoms with Crippen LogP contribution in [0.5, 0.6) is 5.75 Å². The van der Waals surface area contributed by atoms with Gasteiger partial charge in [0.05, 0.1) is 12.3 Å². The van der Waals surface area contributed by atoms with E-state index in [1.54, 1.807) is 0 Å². The number of piperidine rings is 1. The van der Waals surface area contributed by atoms with E-state index >= 15 is 0 Å². The topological polar surface area (TPSA) is 55.6 Å². The molecule has 0 saturated carbocycles. The summed E-state index contributed by atoms with van der Waals surface area (Å²) in [4.78, 5) is 2.55. The Morgan fingerprint density at radius 1 is 0.875 bits per heavy atom. The van der Waals surface area contributed by atoms with Crippen LogP contribution in [-0.2, 0) is 0 Å². The number of aromatic nitrogens is 4. The van der Waals surface area contributed by atoms with Gasteiger partial charge in [-0.2, -0.15) is 9.61 Å². The van der Waals surface area contributed by atoms with E-state index in [1.165, 1.54) is 32.4 Å². The minimum Gasteiger partial charge on any atom is -0.494 e. The second kappa shape index (κ2) is 9.49. The van der Waals surface area contributed by atoms with Crippen LogP contribution in [0.15, 0.2) is 60.7 Å². The van der Waals surface area contributed by atoms with Crippen LogP contribution in [-0.4, -0.2) is 51.0 Å². The van der Waals surface area contributed by atoms with Gasteiger partial charge in [0.1, 0.15) is 5.75 Å². The standard InChI is InChI=1S/C26H29N5O/c1-20-24(19-25-27-28-26(31(25)29-20)22-9-4-2-5-10-22)21-11-13-23(14-12-21)32-18-8-17-30-15-6-3-7-16-30/h2,4-5,9-14,19H,3,6-8,15-18H2,1H3. The molecule has 32 heavy (non-hydrogen) atoms. The third-order valence-electron chi connectivity index (χ3n) is 6.11. The van der Waals surface area contributed by atoms with Crippen LogP contribution in [0.3, 0.4) is 0 Å². The number of likely N-dealkylation sites (tertiary alicyclic amines) is 1. The van der Waals surface area contributed by atoms with Gasteiger partial charge in [-0.3, -0.25) is 0 Å². The molecule has 164 valence electrons. The third-order valence-corrected chi connectivity index (χ3v) is 6.11. The van der Waals surface area contributed by atoms with Crippen molar-refractivity contribution in [3.05, 3.63) is 66.4 Å². The lowest BCUT2D eigenvalue weighted by molar-refractivity contribution is 0.205. The van der Waals surface area contributed by atoms with Gasteiger partial charge < -0.3 is 9.64 Å². The number of fused-ring (bicyclic) bond motifs is 1. The van der Waals surface area contributed by atoms with Gasteiger partial charge in [-0.1, -0.05) is 48.9 Å². The van der Waals surface area contributed by atoms with Crippen molar-refractivity contribution in [3.63, 3.8) is 0 Å². The van der Waals surface area contributed by atoms with Gasteiger partial charge in [-0.25, -0.2) is 0 Å². The number of benzene rings is 2. The van der Waals surface area contributed by atoms with E-state index in [0.29, 0.717) is 0 Å². The van der Waals surface area contributed by atoms with Crippen molar-refractivity contribution in [3.8, 4) is 28.3 Å². The van der Waals surface area contributed by atoms with Crippen LogP contribution in [0.1, 0.15) is 31.4 Å². The molecule has 5 rings (SSSR count). The van der Waals surface area contributed by atoms with Crippen LogP contribution in [0.4, 0.5) is 0 Å². The molecule has 1 aliphatic heterocycles. The molecule has 0 aliphatic carbocycles. The number of nitrogens with zero attached hydrogens (tertiary/aromatic N) is 5. The molecule has 1 fully saturated rings. The molecule has 0 radical (unpaired) electrons. The molecule has 0 unspecified atom stereocenters. The fourth-order valence-electron chi connectivity index (χ4n) is 4.37. The third kappa shape index (κ3) is 4.50. The SMILES string of the molecule is Cc1nn2c(-c3ccccc3)nnc2cc1-c1ccc(OCCCN2CCCCC2)cc1. The van der Waals surface area contributed by atoms with Gasteiger partial charge in [0.15, 0.2) is 11.5 Å². The summed E-state index contributed by atoms with van der Waals surface area (Å²) in [7, 11) is 0. The van der Waals surface area contributed by atoms with Crippen molar-refractivity contribution in [2.75, 3.05) is 26.2 Å². The summed E-state index contributed by atoms with van der Waals surface area (Å²) in [6.45, 7) is 6.39. The Morgan fingerprint density at radius 2 is 1.66 bits per heavy atom. The minimum atomic E-state index is 0.738. The molecule has 0 spiro atoms. The van der Waals surface area contributed by atoms with Crippen molar-refractivity contribution in [1.29, 1.82) is 0 Å². The molecule has 2 aromatic heterocycles. The van der Waals surface area contributed by atoms with Gasteiger partial charge in [0.2, 0.25) is 0 Å².